The highest BCUT2D eigenvalue weighted by Gasteiger charge is 2.09. The first-order valence-electron chi connectivity index (χ1n) is 6.59. The van der Waals surface area contributed by atoms with Gasteiger partial charge in [-0.3, -0.25) is 0 Å². The van der Waals surface area contributed by atoms with E-state index in [0.717, 1.165) is 30.1 Å². The van der Waals surface area contributed by atoms with Gasteiger partial charge in [0.15, 0.2) is 0 Å². The van der Waals surface area contributed by atoms with E-state index in [1.54, 1.807) is 11.3 Å². The lowest BCUT2D eigenvalue weighted by Crippen LogP contribution is -2.23. The van der Waals surface area contributed by atoms with Gasteiger partial charge in [0, 0.05) is 35.1 Å². The van der Waals surface area contributed by atoms with Crippen molar-refractivity contribution < 1.29 is 0 Å². The molecule has 2 rings (SSSR count). The largest absolute Gasteiger partial charge is 0.310 e. The Kier molecular flexibility index (Phi) is 5.37. The van der Waals surface area contributed by atoms with E-state index >= 15 is 0 Å². The zero-order valence-corrected chi connectivity index (χ0v) is 12.9. The topological polar surface area (TPSA) is 24.9 Å². The van der Waals surface area contributed by atoms with Crippen molar-refractivity contribution in [1.82, 2.24) is 10.3 Å². The monoisotopic (exact) mass is 294 g/mol. The Morgan fingerprint density at radius 3 is 2.89 bits per heavy atom. The lowest BCUT2D eigenvalue weighted by molar-refractivity contribution is 0.522. The predicted molar refractivity (Wildman–Crippen MR) is 83.0 cm³/mol. The highest BCUT2D eigenvalue weighted by molar-refractivity contribution is 7.09. The molecule has 0 amide bonds. The van der Waals surface area contributed by atoms with Crippen LogP contribution in [0.5, 0.6) is 0 Å². The molecule has 2 nitrogen and oxygen atoms in total. The predicted octanol–water partition coefficient (Wildman–Crippen LogP) is 4.39. The number of halogens is 1. The first-order chi connectivity index (χ1) is 9.19. The number of thiazole rings is 1. The zero-order valence-electron chi connectivity index (χ0n) is 11.3. The molecular weight excluding hydrogens is 276 g/mol. The van der Waals surface area contributed by atoms with E-state index < -0.39 is 0 Å². The number of hydrogen-bond donors (Lipinski definition) is 1. The summed E-state index contributed by atoms with van der Waals surface area (Å²) in [6.45, 7) is 5.17. The van der Waals surface area contributed by atoms with Gasteiger partial charge in [0.1, 0.15) is 0 Å². The van der Waals surface area contributed by atoms with Crippen LogP contribution < -0.4 is 5.32 Å². The van der Waals surface area contributed by atoms with Crippen molar-refractivity contribution in [2.75, 3.05) is 6.54 Å². The summed E-state index contributed by atoms with van der Waals surface area (Å²) in [5.74, 6) is 0. The van der Waals surface area contributed by atoms with Crippen molar-refractivity contribution in [3.05, 3.63) is 50.9 Å². The van der Waals surface area contributed by atoms with Gasteiger partial charge < -0.3 is 5.32 Å². The summed E-state index contributed by atoms with van der Waals surface area (Å²) in [7, 11) is 0. The van der Waals surface area contributed by atoms with Crippen LogP contribution in [0.3, 0.4) is 0 Å². The molecule has 0 saturated carbocycles. The van der Waals surface area contributed by atoms with Gasteiger partial charge in [-0.1, -0.05) is 30.7 Å². The smallest absolute Gasteiger partial charge is 0.0940 e. The molecule has 0 aliphatic heterocycles. The Labute approximate surface area is 123 Å². The van der Waals surface area contributed by atoms with Crippen molar-refractivity contribution in [3.8, 4) is 0 Å². The Balaban J connectivity index is 1.89. The number of nitrogens with one attached hydrogen (secondary N) is 1. The molecule has 0 saturated heterocycles. The molecule has 4 heteroatoms. The molecule has 0 radical (unpaired) electrons. The Morgan fingerprint density at radius 2 is 2.26 bits per heavy atom. The third-order valence-electron chi connectivity index (χ3n) is 3.06. The van der Waals surface area contributed by atoms with Gasteiger partial charge in [-0.05, 0) is 31.0 Å². The maximum absolute atomic E-state index is 6.04. The second-order valence-corrected chi connectivity index (χ2v) is 5.98. The Morgan fingerprint density at radius 1 is 1.42 bits per heavy atom. The second-order valence-electron chi connectivity index (χ2n) is 4.60. The van der Waals surface area contributed by atoms with Gasteiger partial charge in [-0.2, -0.15) is 0 Å². The second kappa shape index (κ2) is 7.04. The number of benzene rings is 1. The molecule has 0 aliphatic carbocycles. The van der Waals surface area contributed by atoms with Crippen LogP contribution in [0.4, 0.5) is 0 Å². The van der Waals surface area contributed by atoms with Gasteiger partial charge >= 0.3 is 0 Å². The number of hydrogen-bond acceptors (Lipinski definition) is 3. The maximum atomic E-state index is 6.04. The fourth-order valence-electron chi connectivity index (χ4n) is 2.09. The molecule has 1 heterocycles. The van der Waals surface area contributed by atoms with Crippen molar-refractivity contribution >= 4 is 22.9 Å². The van der Waals surface area contributed by atoms with E-state index in [-0.39, 0.29) is 0 Å². The lowest BCUT2D eigenvalue weighted by atomic mass is 10.0. The standard InChI is InChI=1S/C15H19ClN2S/c1-3-14(12-5-4-6-13(16)9-12)17-8-7-15-18-11(2)10-19-15/h4-6,9-10,14,17H,3,7-8H2,1-2H3. The fourth-order valence-corrected chi connectivity index (χ4v) is 3.07. The minimum absolute atomic E-state index is 0.361. The molecule has 102 valence electrons. The fraction of sp³-hybridized carbons (Fsp3) is 0.400. The zero-order chi connectivity index (χ0) is 13.7. The van der Waals surface area contributed by atoms with Crippen LogP contribution in [-0.2, 0) is 6.42 Å². The summed E-state index contributed by atoms with van der Waals surface area (Å²) < 4.78 is 0. The highest BCUT2D eigenvalue weighted by atomic mass is 35.5. The van der Waals surface area contributed by atoms with Gasteiger partial charge in [-0.25, -0.2) is 4.98 Å². The normalized spacial score (nSPS) is 12.6. The summed E-state index contributed by atoms with van der Waals surface area (Å²) in [5, 5.41) is 7.68. The van der Waals surface area contributed by atoms with Crippen molar-refractivity contribution in [1.29, 1.82) is 0 Å². The number of rotatable bonds is 6. The molecule has 1 aromatic carbocycles. The van der Waals surface area contributed by atoms with Crippen LogP contribution in [0.15, 0.2) is 29.6 Å². The van der Waals surface area contributed by atoms with Crippen LogP contribution in [0.25, 0.3) is 0 Å². The average Bonchev–Trinajstić information content (AvgIpc) is 2.80. The van der Waals surface area contributed by atoms with E-state index in [9.17, 15) is 0 Å². The molecule has 1 aromatic heterocycles. The summed E-state index contributed by atoms with van der Waals surface area (Å²) in [5.41, 5.74) is 2.37. The molecule has 0 bridgehead atoms. The van der Waals surface area contributed by atoms with Gasteiger partial charge in [-0.15, -0.1) is 11.3 Å². The third-order valence-corrected chi connectivity index (χ3v) is 4.32. The van der Waals surface area contributed by atoms with E-state index in [1.165, 1.54) is 10.6 Å². The van der Waals surface area contributed by atoms with Gasteiger partial charge in [0.25, 0.3) is 0 Å². The molecule has 0 fully saturated rings. The van der Waals surface area contributed by atoms with Crippen LogP contribution in [0, 0.1) is 6.92 Å². The third kappa shape index (κ3) is 4.30. The Hall–Kier alpha value is -0.900. The number of aromatic nitrogens is 1. The van der Waals surface area contributed by atoms with Crippen molar-refractivity contribution in [2.24, 2.45) is 0 Å². The summed E-state index contributed by atoms with van der Waals surface area (Å²) >= 11 is 7.78. The molecule has 1 N–H and O–H groups in total. The van der Waals surface area contributed by atoms with Crippen LogP contribution >= 0.6 is 22.9 Å². The lowest BCUT2D eigenvalue weighted by Gasteiger charge is -2.17. The first-order valence-corrected chi connectivity index (χ1v) is 7.84. The van der Waals surface area contributed by atoms with Crippen molar-refractivity contribution in [2.45, 2.75) is 32.7 Å². The van der Waals surface area contributed by atoms with Gasteiger partial charge in [0.05, 0.1) is 5.01 Å². The molecule has 2 aromatic rings. The summed E-state index contributed by atoms with van der Waals surface area (Å²) in [6.07, 6.45) is 2.03. The van der Waals surface area contributed by atoms with Crippen LogP contribution in [0.2, 0.25) is 5.02 Å². The molecule has 19 heavy (non-hydrogen) atoms. The number of aryl methyl sites for hydroxylation is 1. The maximum Gasteiger partial charge on any atom is 0.0940 e. The molecular formula is C15H19ClN2S. The van der Waals surface area contributed by atoms with E-state index in [0.29, 0.717) is 6.04 Å². The number of nitrogens with zero attached hydrogens (tertiary/aromatic N) is 1. The minimum atomic E-state index is 0.361. The molecule has 0 aliphatic rings. The molecule has 1 atom stereocenters. The quantitative estimate of drug-likeness (QED) is 0.855. The van der Waals surface area contributed by atoms with Crippen LogP contribution in [0.1, 0.15) is 35.7 Å². The van der Waals surface area contributed by atoms with E-state index in [4.69, 9.17) is 11.6 Å². The SMILES string of the molecule is CCC(NCCc1nc(C)cs1)c1cccc(Cl)c1. The first kappa shape index (κ1) is 14.5. The van der Waals surface area contributed by atoms with E-state index in [1.807, 2.05) is 25.1 Å². The van der Waals surface area contributed by atoms with E-state index in [2.05, 4.69) is 28.7 Å². The summed E-state index contributed by atoms with van der Waals surface area (Å²) in [4.78, 5) is 4.48. The molecule has 1 unspecified atom stereocenters. The van der Waals surface area contributed by atoms with Gasteiger partial charge in [0.2, 0.25) is 0 Å². The van der Waals surface area contributed by atoms with Crippen LogP contribution in [-0.4, -0.2) is 11.5 Å². The average molecular weight is 295 g/mol. The summed E-state index contributed by atoms with van der Waals surface area (Å²) in [6, 6.07) is 8.44. The van der Waals surface area contributed by atoms with Crippen molar-refractivity contribution in [3.63, 3.8) is 0 Å². The molecule has 0 spiro atoms. The minimum Gasteiger partial charge on any atom is -0.310 e. The highest BCUT2D eigenvalue weighted by Crippen LogP contribution is 2.20. The Bertz CT molecular complexity index is 524.